The Bertz CT molecular complexity index is 592. The van der Waals surface area contributed by atoms with Crippen LogP contribution in [0.1, 0.15) is 18.9 Å². The van der Waals surface area contributed by atoms with Gasteiger partial charge in [-0.25, -0.2) is 9.18 Å². The van der Waals surface area contributed by atoms with Crippen molar-refractivity contribution in [3.8, 4) is 0 Å². The minimum atomic E-state index is -1.54. The number of rotatable bonds is 1. The molecule has 0 unspecified atom stereocenters. The number of hydrogen-bond acceptors (Lipinski definition) is 4. The van der Waals surface area contributed by atoms with E-state index in [0.29, 0.717) is 26.1 Å². The van der Waals surface area contributed by atoms with Crippen LogP contribution in [0.3, 0.4) is 0 Å². The second-order valence-electron chi connectivity index (χ2n) is 5.37. The molecule has 1 aliphatic heterocycles. The van der Waals surface area contributed by atoms with Crippen molar-refractivity contribution >= 4 is 0 Å². The van der Waals surface area contributed by atoms with Crippen LogP contribution >= 0.6 is 0 Å². The SMILES string of the molecule is O=c1ccn([C@@H]2CCC3(COC3)[C@@H](O)[C@H]2F)c(=O)[nH]1. The zero-order valence-corrected chi connectivity index (χ0v) is 10.2. The number of aromatic amines is 1. The lowest BCUT2D eigenvalue weighted by Gasteiger charge is -2.50. The van der Waals surface area contributed by atoms with Gasteiger partial charge >= 0.3 is 5.69 Å². The summed E-state index contributed by atoms with van der Waals surface area (Å²) in [5.74, 6) is 0. The lowest BCUT2D eigenvalue weighted by atomic mass is 9.68. The normalized spacial score (nSPS) is 33.1. The fraction of sp³-hybridized carbons (Fsp3) is 0.667. The third kappa shape index (κ3) is 1.84. The molecule has 1 aromatic heterocycles. The van der Waals surface area contributed by atoms with E-state index in [1.165, 1.54) is 12.3 Å². The van der Waals surface area contributed by atoms with Crippen molar-refractivity contribution in [3.05, 3.63) is 33.1 Å². The third-order valence-electron chi connectivity index (χ3n) is 4.22. The second-order valence-corrected chi connectivity index (χ2v) is 5.37. The smallest absolute Gasteiger partial charge is 0.328 e. The van der Waals surface area contributed by atoms with Crippen LogP contribution in [0, 0.1) is 5.41 Å². The summed E-state index contributed by atoms with van der Waals surface area (Å²) >= 11 is 0. The van der Waals surface area contributed by atoms with Crippen molar-refractivity contribution in [2.24, 2.45) is 5.41 Å². The second kappa shape index (κ2) is 4.28. The Morgan fingerprint density at radius 1 is 1.47 bits per heavy atom. The third-order valence-corrected chi connectivity index (χ3v) is 4.22. The Morgan fingerprint density at radius 3 is 2.79 bits per heavy atom. The summed E-state index contributed by atoms with van der Waals surface area (Å²) in [6, 6.07) is 0.433. The predicted octanol–water partition coefficient (Wildman–Crippen LogP) is -0.413. The highest BCUT2D eigenvalue weighted by Crippen LogP contribution is 2.46. The van der Waals surface area contributed by atoms with Gasteiger partial charge in [0.05, 0.1) is 25.4 Å². The van der Waals surface area contributed by atoms with Gasteiger partial charge in [0.2, 0.25) is 0 Å². The number of aliphatic hydroxyl groups excluding tert-OH is 1. The molecule has 3 atom stereocenters. The van der Waals surface area contributed by atoms with Crippen molar-refractivity contribution in [1.82, 2.24) is 9.55 Å². The van der Waals surface area contributed by atoms with E-state index in [1.54, 1.807) is 0 Å². The van der Waals surface area contributed by atoms with Gasteiger partial charge in [0.15, 0.2) is 0 Å². The molecule has 1 spiro atoms. The molecule has 7 heteroatoms. The van der Waals surface area contributed by atoms with Crippen LogP contribution in [0.5, 0.6) is 0 Å². The van der Waals surface area contributed by atoms with E-state index in [4.69, 9.17) is 4.74 Å². The Hall–Kier alpha value is -1.47. The topological polar surface area (TPSA) is 84.3 Å². The number of nitrogens with one attached hydrogen (secondary N) is 1. The molecule has 6 nitrogen and oxygen atoms in total. The maximum atomic E-state index is 14.4. The molecular formula is C12H15FN2O4. The fourth-order valence-corrected chi connectivity index (χ4v) is 2.95. The van der Waals surface area contributed by atoms with Crippen molar-refractivity contribution in [2.75, 3.05) is 13.2 Å². The number of hydrogen-bond donors (Lipinski definition) is 2. The molecule has 0 amide bonds. The zero-order chi connectivity index (χ0) is 13.6. The summed E-state index contributed by atoms with van der Waals surface area (Å²) in [4.78, 5) is 24.8. The molecule has 2 aliphatic rings. The van der Waals surface area contributed by atoms with Gasteiger partial charge in [0, 0.05) is 17.7 Å². The molecule has 2 N–H and O–H groups in total. The highest BCUT2D eigenvalue weighted by molar-refractivity contribution is 5.04. The Morgan fingerprint density at radius 2 is 2.21 bits per heavy atom. The number of aromatic nitrogens is 2. The van der Waals surface area contributed by atoms with Gasteiger partial charge < -0.3 is 9.84 Å². The van der Waals surface area contributed by atoms with Crippen molar-refractivity contribution in [1.29, 1.82) is 0 Å². The molecule has 0 bridgehead atoms. The van der Waals surface area contributed by atoms with E-state index < -0.39 is 35.0 Å². The van der Waals surface area contributed by atoms with Gasteiger partial charge in [-0.2, -0.15) is 0 Å². The van der Waals surface area contributed by atoms with Crippen LogP contribution in [0.15, 0.2) is 21.9 Å². The first kappa shape index (κ1) is 12.6. The number of nitrogens with zero attached hydrogens (tertiary/aromatic N) is 1. The standard InChI is InChI=1S/C12H15FN2O4/c13-9-7(15-4-2-8(16)14-11(15)18)1-3-12(10(9)17)5-19-6-12/h2,4,7,9-10,17H,1,3,5-6H2,(H,14,16,18)/t7-,9+,10+/m1/s1. The first-order valence-electron chi connectivity index (χ1n) is 6.25. The van der Waals surface area contributed by atoms with Crippen molar-refractivity contribution in [3.63, 3.8) is 0 Å². The average molecular weight is 270 g/mol. The zero-order valence-electron chi connectivity index (χ0n) is 10.2. The summed E-state index contributed by atoms with van der Waals surface area (Å²) in [5, 5.41) is 10.1. The van der Waals surface area contributed by atoms with E-state index in [1.807, 2.05) is 0 Å². The van der Waals surface area contributed by atoms with Crippen LogP contribution in [-0.2, 0) is 4.74 Å². The predicted molar refractivity (Wildman–Crippen MR) is 63.7 cm³/mol. The van der Waals surface area contributed by atoms with Crippen LogP contribution in [0.25, 0.3) is 0 Å². The van der Waals surface area contributed by atoms with Gasteiger partial charge in [0.25, 0.3) is 5.56 Å². The minimum Gasteiger partial charge on any atom is -0.389 e. The number of ether oxygens (including phenoxy) is 1. The molecule has 1 saturated heterocycles. The average Bonchev–Trinajstić information content (AvgIpc) is 2.32. The maximum absolute atomic E-state index is 14.4. The Kier molecular flexibility index (Phi) is 2.83. The highest BCUT2D eigenvalue weighted by Gasteiger charge is 2.54. The maximum Gasteiger partial charge on any atom is 0.328 e. The molecule has 2 heterocycles. The van der Waals surface area contributed by atoms with Crippen LogP contribution in [0.2, 0.25) is 0 Å². The summed E-state index contributed by atoms with van der Waals surface area (Å²) < 4.78 is 20.6. The van der Waals surface area contributed by atoms with Crippen LogP contribution in [-0.4, -0.2) is 40.1 Å². The molecule has 104 valence electrons. The first-order chi connectivity index (χ1) is 9.03. The lowest BCUT2D eigenvalue weighted by molar-refractivity contribution is -0.213. The van der Waals surface area contributed by atoms with Gasteiger partial charge in [-0.3, -0.25) is 14.3 Å². The highest BCUT2D eigenvalue weighted by atomic mass is 19.1. The van der Waals surface area contributed by atoms with E-state index in [-0.39, 0.29) is 0 Å². The van der Waals surface area contributed by atoms with Gasteiger partial charge in [-0.1, -0.05) is 0 Å². The van der Waals surface area contributed by atoms with Crippen LogP contribution < -0.4 is 11.2 Å². The molecule has 3 rings (SSSR count). The fourth-order valence-electron chi connectivity index (χ4n) is 2.95. The number of alkyl halides is 1. The Labute approximate surface area is 107 Å². The molecule has 1 aliphatic carbocycles. The molecule has 1 aromatic rings. The summed E-state index contributed by atoms with van der Waals surface area (Å²) in [5.41, 5.74) is -1.66. The molecule has 19 heavy (non-hydrogen) atoms. The van der Waals surface area contributed by atoms with E-state index in [0.717, 1.165) is 4.57 Å². The van der Waals surface area contributed by atoms with Crippen molar-refractivity contribution < 1.29 is 14.2 Å². The number of aliphatic hydroxyl groups is 1. The summed E-state index contributed by atoms with van der Waals surface area (Å²) in [7, 11) is 0. The first-order valence-corrected chi connectivity index (χ1v) is 6.25. The Balaban J connectivity index is 1.90. The number of H-pyrrole nitrogens is 1. The monoisotopic (exact) mass is 270 g/mol. The summed E-state index contributed by atoms with van der Waals surface area (Å²) in [6.45, 7) is 0.726. The van der Waals surface area contributed by atoms with Crippen molar-refractivity contribution in [2.45, 2.75) is 31.2 Å². The summed E-state index contributed by atoms with van der Waals surface area (Å²) in [6.07, 6.45) is -0.362. The van der Waals surface area contributed by atoms with E-state index >= 15 is 0 Å². The largest absolute Gasteiger partial charge is 0.389 e. The van der Waals surface area contributed by atoms with Gasteiger partial charge in [-0.15, -0.1) is 0 Å². The molecular weight excluding hydrogens is 255 g/mol. The lowest BCUT2D eigenvalue weighted by Crippen LogP contribution is -2.59. The van der Waals surface area contributed by atoms with E-state index in [2.05, 4.69) is 4.98 Å². The molecule has 1 saturated carbocycles. The number of halogens is 1. The van der Waals surface area contributed by atoms with E-state index in [9.17, 15) is 19.1 Å². The van der Waals surface area contributed by atoms with Crippen LogP contribution in [0.4, 0.5) is 4.39 Å². The minimum absolute atomic E-state index is 0.363. The quantitative estimate of drug-likeness (QED) is 0.726. The van der Waals surface area contributed by atoms with Gasteiger partial charge in [0.1, 0.15) is 6.17 Å². The van der Waals surface area contributed by atoms with Gasteiger partial charge in [-0.05, 0) is 12.8 Å². The molecule has 0 radical (unpaired) electrons. The molecule has 2 fully saturated rings. The molecule has 0 aromatic carbocycles.